The molecule has 0 fully saturated rings. The molecule has 2 aromatic rings. The number of hydrogen-bond donors (Lipinski definition) is 0. The number of benzene rings is 2. The van der Waals surface area contributed by atoms with E-state index < -0.39 is 0 Å². The van der Waals surface area contributed by atoms with Crippen molar-refractivity contribution >= 4 is 22.9 Å². The molecule has 0 aromatic heterocycles. The first kappa shape index (κ1) is 15.2. The summed E-state index contributed by atoms with van der Waals surface area (Å²) in [5, 5.41) is 0. The second-order valence-electron chi connectivity index (χ2n) is 6.12. The van der Waals surface area contributed by atoms with E-state index in [1.54, 1.807) is 0 Å². The van der Waals surface area contributed by atoms with Crippen molar-refractivity contribution in [2.45, 2.75) is 32.3 Å². The van der Waals surface area contributed by atoms with E-state index in [9.17, 15) is 0 Å². The van der Waals surface area contributed by atoms with Crippen LogP contribution in [-0.2, 0) is 10.3 Å². The van der Waals surface area contributed by atoms with Crippen molar-refractivity contribution in [3.8, 4) is 0 Å². The lowest BCUT2D eigenvalue weighted by atomic mass is 9.83. The first-order valence-corrected chi connectivity index (χ1v) is 8.30. The van der Waals surface area contributed by atoms with Crippen LogP contribution in [0.4, 0.5) is 0 Å². The lowest BCUT2D eigenvalue weighted by Gasteiger charge is -2.37. The average Bonchev–Trinajstić information content (AvgIpc) is 2.54. The van der Waals surface area contributed by atoms with Gasteiger partial charge in [-0.1, -0.05) is 54.6 Å². The average molecular weight is 313 g/mol. The molecule has 0 atom stereocenters. The van der Waals surface area contributed by atoms with Crippen molar-refractivity contribution in [2.75, 3.05) is 5.88 Å². The molecule has 0 spiro atoms. The molecule has 1 aliphatic heterocycles. The highest BCUT2D eigenvalue weighted by Crippen LogP contribution is 2.45. The maximum atomic E-state index is 6.43. The fourth-order valence-corrected chi connectivity index (χ4v) is 3.21. The zero-order valence-electron chi connectivity index (χ0n) is 13.1. The summed E-state index contributed by atoms with van der Waals surface area (Å²) in [7, 11) is 0. The second-order valence-corrected chi connectivity index (χ2v) is 6.50. The van der Waals surface area contributed by atoms with Gasteiger partial charge in [-0.15, -0.1) is 11.6 Å². The Morgan fingerprint density at radius 2 is 1.64 bits per heavy atom. The summed E-state index contributed by atoms with van der Waals surface area (Å²) in [5.41, 5.74) is 4.62. The number of halogens is 1. The van der Waals surface area contributed by atoms with E-state index in [0.717, 1.165) is 24.2 Å². The van der Waals surface area contributed by atoms with Gasteiger partial charge in [0, 0.05) is 22.6 Å². The summed E-state index contributed by atoms with van der Waals surface area (Å²) < 4.78 is 6.43. The Hall–Kier alpha value is -1.73. The van der Waals surface area contributed by atoms with Crippen LogP contribution >= 0.6 is 11.6 Å². The molecule has 0 bridgehead atoms. The largest absolute Gasteiger partial charge is 0.482 e. The van der Waals surface area contributed by atoms with E-state index in [2.05, 4.69) is 62.4 Å². The number of alkyl halides is 1. The van der Waals surface area contributed by atoms with Crippen LogP contribution in [-0.4, -0.2) is 5.88 Å². The van der Waals surface area contributed by atoms with E-state index in [4.69, 9.17) is 16.3 Å². The molecular formula is C20H21ClO. The van der Waals surface area contributed by atoms with Crippen LogP contribution in [0.5, 0.6) is 0 Å². The Labute approximate surface area is 137 Å². The van der Waals surface area contributed by atoms with E-state index in [0.29, 0.717) is 5.88 Å². The van der Waals surface area contributed by atoms with Crippen molar-refractivity contribution in [3.63, 3.8) is 0 Å². The molecule has 0 radical (unpaired) electrons. The van der Waals surface area contributed by atoms with Gasteiger partial charge in [0.15, 0.2) is 0 Å². The van der Waals surface area contributed by atoms with Gasteiger partial charge in [0.05, 0.1) is 0 Å². The maximum Gasteiger partial charge on any atom is 0.131 e. The monoisotopic (exact) mass is 312 g/mol. The van der Waals surface area contributed by atoms with E-state index in [1.165, 1.54) is 16.7 Å². The Balaban J connectivity index is 2.19. The molecule has 114 valence electrons. The van der Waals surface area contributed by atoms with E-state index in [-0.39, 0.29) is 5.60 Å². The minimum Gasteiger partial charge on any atom is -0.482 e. The molecule has 22 heavy (non-hydrogen) atoms. The zero-order valence-corrected chi connectivity index (χ0v) is 13.9. The van der Waals surface area contributed by atoms with Crippen LogP contribution < -0.4 is 0 Å². The topological polar surface area (TPSA) is 9.23 Å². The molecule has 0 saturated carbocycles. The van der Waals surface area contributed by atoms with Crippen molar-refractivity contribution in [1.29, 1.82) is 0 Å². The minimum absolute atomic E-state index is 0.327. The highest BCUT2D eigenvalue weighted by atomic mass is 35.5. The first-order valence-electron chi connectivity index (χ1n) is 7.77. The summed E-state index contributed by atoms with van der Waals surface area (Å²) in [6.07, 6.45) is 1.88. The third-order valence-electron chi connectivity index (χ3n) is 4.13. The van der Waals surface area contributed by atoms with Gasteiger partial charge < -0.3 is 4.74 Å². The second kappa shape index (κ2) is 6.18. The lowest BCUT2D eigenvalue weighted by Crippen LogP contribution is -2.26. The number of fused-ring (bicyclic) bond motifs is 1. The van der Waals surface area contributed by atoms with Crippen molar-refractivity contribution in [3.05, 3.63) is 71.3 Å². The predicted molar refractivity (Wildman–Crippen MR) is 93.8 cm³/mol. The van der Waals surface area contributed by atoms with Crippen LogP contribution in [0.2, 0.25) is 0 Å². The quantitative estimate of drug-likeness (QED) is 0.644. The van der Waals surface area contributed by atoms with Crippen LogP contribution in [0.1, 0.15) is 43.4 Å². The Morgan fingerprint density at radius 3 is 2.36 bits per heavy atom. The van der Waals surface area contributed by atoms with Crippen LogP contribution in [0, 0.1) is 0 Å². The summed E-state index contributed by atoms with van der Waals surface area (Å²) in [6, 6.07) is 18.9. The van der Waals surface area contributed by atoms with E-state index >= 15 is 0 Å². The van der Waals surface area contributed by atoms with Gasteiger partial charge in [0.25, 0.3) is 0 Å². The molecule has 0 amide bonds. The van der Waals surface area contributed by atoms with Crippen molar-refractivity contribution in [2.24, 2.45) is 0 Å². The molecule has 1 aliphatic rings. The van der Waals surface area contributed by atoms with Gasteiger partial charge >= 0.3 is 0 Å². The summed E-state index contributed by atoms with van der Waals surface area (Å²) in [5.74, 6) is 1.66. The molecule has 2 heteroatoms. The highest BCUT2D eigenvalue weighted by molar-refractivity contribution is 6.17. The van der Waals surface area contributed by atoms with Gasteiger partial charge in [-0.3, -0.25) is 0 Å². The Kier molecular flexibility index (Phi) is 4.26. The number of ether oxygens (including phenoxy) is 1. The third-order valence-corrected chi connectivity index (χ3v) is 4.40. The van der Waals surface area contributed by atoms with Crippen LogP contribution in [0.3, 0.4) is 0 Å². The van der Waals surface area contributed by atoms with Gasteiger partial charge in [-0.25, -0.2) is 0 Å². The molecule has 0 N–H and O–H groups in total. The predicted octanol–water partition coefficient (Wildman–Crippen LogP) is 5.84. The van der Waals surface area contributed by atoms with Gasteiger partial charge in [0.2, 0.25) is 0 Å². The maximum absolute atomic E-state index is 6.43. The summed E-state index contributed by atoms with van der Waals surface area (Å²) >= 11 is 5.93. The molecule has 1 heterocycles. The molecule has 3 rings (SSSR count). The number of rotatable bonds is 4. The third kappa shape index (κ3) is 2.78. The SMILES string of the molecule is CC1(C)OC(c2ccccc2)=C(CCCCl)c2ccccc21. The molecule has 2 aromatic carbocycles. The van der Waals surface area contributed by atoms with Crippen molar-refractivity contribution < 1.29 is 4.74 Å². The Morgan fingerprint density at radius 1 is 0.955 bits per heavy atom. The van der Waals surface area contributed by atoms with Gasteiger partial charge in [-0.2, -0.15) is 0 Å². The highest BCUT2D eigenvalue weighted by Gasteiger charge is 2.33. The molecule has 0 aliphatic carbocycles. The first-order chi connectivity index (χ1) is 10.6. The Bertz CT molecular complexity index is 686. The standard InChI is InChI=1S/C20H21ClO/c1-20(2)18-13-7-6-11-16(18)17(12-8-14-21)19(22-20)15-9-4-3-5-10-15/h3-7,9-11,13H,8,12,14H2,1-2H3. The number of allylic oxidation sites excluding steroid dienone is 1. The van der Waals surface area contributed by atoms with Crippen LogP contribution in [0.15, 0.2) is 54.6 Å². The van der Waals surface area contributed by atoms with Gasteiger partial charge in [-0.05, 0) is 32.3 Å². The molecule has 0 unspecified atom stereocenters. The lowest BCUT2D eigenvalue weighted by molar-refractivity contribution is 0.0716. The smallest absolute Gasteiger partial charge is 0.131 e. The summed E-state index contributed by atoms with van der Waals surface area (Å²) in [4.78, 5) is 0. The summed E-state index contributed by atoms with van der Waals surface area (Å²) in [6.45, 7) is 4.26. The van der Waals surface area contributed by atoms with Crippen LogP contribution in [0.25, 0.3) is 11.3 Å². The van der Waals surface area contributed by atoms with Crippen molar-refractivity contribution in [1.82, 2.24) is 0 Å². The fourth-order valence-electron chi connectivity index (χ4n) is 3.08. The molecule has 0 saturated heterocycles. The van der Waals surface area contributed by atoms with Gasteiger partial charge in [0.1, 0.15) is 11.4 Å². The fraction of sp³-hybridized carbons (Fsp3) is 0.300. The van der Waals surface area contributed by atoms with E-state index in [1.807, 2.05) is 6.07 Å². The normalized spacial score (nSPS) is 16.1. The molecule has 1 nitrogen and oxygen atoms in total. The number of hydrogen-bond acceptors (Lipinski definition) is 1. The minimum atomic E-state index is -0.327. The zero-order chi connectivity index (χ0) is 15.6. The molecular weight excluding hydrogens is 292 g/mol.